The molecule has 1 aliphatic rings. The van der Waals surface area contributed by atoms with Crippen LogP contribution in [0.25, 0.3) is 33.8 Å². The number of H-pyrrole nitrogens is 1. The highest BCUT2D eigenvalue weighted by atomic mass is 19.1. The highest BCUT2D eigenvalue weighted by molar-refractivity contribution is 5.92. The highest BCUT2D eigenvalue weighted by Gasteiger charge is 2.26. The van der Waals surface area contributed by atoms with Crippen molar-refractivity contribution in [2.24, 2.45) is 0 Å². The van der Waals surface area contributed by atoms with Crippen molar-refractivity contribution in [3.05, 3.63) is 71.7 Å². The van der Waals surface area contributed by atoms with Crippen molar-refractivity contribution in [3.63, 3.8) is 0 Å². The lowest BCUT2D eigenvalue weighted by Gasteiger charge is -2.19. The van der Waals surface area contributed by atoms with Gasteiger partial charge in [0.25, 0.3) is 0 Å². The first-order chi connectivity index (χ1) is 14.3. The molecule has 0 aliphatic heterocycles. The third kappa shape index (κ3) is 3.31. The van der Waals surface area contributed by atoms with E-state index in [1.54, 1.807) is 6.07 Å². The van der Waals surface area contributed by atoms with E-state index in [1.807, 2.05) is 24.3 Å². The number of hydrogen-bond donors (Lipinski definition) is 1. The molecule has 0 unspecified atom stereocenters. The first kappa shape index (κ1) is 17.7. The first-order valence-corrected chi connectivity index (χ1v) is 9.92. The summed E-state index contributed by atoms with van der Waals surface area (Å²) in [5.74, 6) is 0.183. The van der Waals surface area contributed by atoms with Gasteiger partial charge >= 0.3 is 0 Å². The summed E-state index contributed by atoms with van der Waals surface area (Å²) in [7, 11) is 0. The van der Waals surface area contributed by atoms with Crippen LogP contribution in [-0.2, 0) is 12.8 Å². The number of pyridine rings is 1. The zero-order chi connectivity index (χ0) is 19.6. The highest BCUT2D eigenvalue weighted by Crippen LogP contribution is 2.42. The Morgan fingerprint density at radius 3 is 2.45 bits per heavy atom. The average molecular weight is 385 g/mol. The zero-order valence-electron chi connectivity index (χ0n) is 15.9. The molecule has 2 aromatic heterocycles. The summed E-state index contributed by atoms with van der Waals surface area (Å²) < 4.78 is 14.1. The van der Waals surface area contributed by atoms with Crippen LogP contribution in [0.5, 0.6) is 0 Å². The van der Waals surface area contributed by atoms with E-state index < -0.39 is 0 Å². The van der Waals surface area contributed by atoms with Crippen molar-refractivity contribution in [1.29, 1.82) is 0 Å². The van der Waals surface area contributed by atoms with E-state index in [1.165, 1.54) is 24.1 Å². The number of nitrogens with one attached hydrogen (secondary N) is 1. The Morgan fingerprint density at radius 1 is 0.828 bits per heavy atom. The summed E-state index contributed by atoms with van der Waals surface area (Å²) in [6, 6.07) is 16.8. The molecule has 6 heteroatoms. The van der Waals surface area contributed by atoms with Crippen molar-refractivity contribution >= 4 is 0 Å². The van der Waals surface area contributed by atoms with Gasteiger partial charge in [0.15, 0.2) is 0 Å². The second kappa shape index (κ2) is 7.54. The van der Waals surface area contributed by atoms with Gasteiger partial charge in [-0.2, -0.15) is 5.21 Å². The molecule has 5 nitrogen and oxygen atoms in total. The van der Waals surface area contributed by atoms with Gasteiger partial charge < -0.3 is 0 Å². The zero-order valence-corrected chi connectivity index (χ0v) is 15.9. The van der Waals surface area contributed by atoms with Crippen LogP contribution in [0, 0.1) is 5.82 Å². The number of aryl methyl sites for hydroxylation is 1. The Balaban J connectivity index is 1.89. The minimum atomic E-state index is -0.292. The van der Waals surface area contributed by atoms with Gasteiger partial charge in [-0.15, -0.1) is 10.2 Å². The Bertz CT molecular complexity index is 1140. The fourth-order valence-electron chi connectivity index (χ4n) is 4.17. The summed E-state index contributed by atoms with van der Waals surface area (Å²) >= 11 is 0. The second-order valence-electron chi connectivity index (χ2n) is 7.31. The molecule has 0 fully saturated rings. The fourth-order valence-corrected chi connectivity index (χ4v) is 4.17. The second-order valence-corrected chi connectivity index (χ2v) is 7.31. The predicted molar refractivity (Wildman–Crippen MR) is 109 cm³/mol. The monoisotopic (exact) mass is 385 g/mol. The number of fused-ring (bicyclic) bond motifs is 1. The SMILES string of the molecule is Fc1cccc(-c2nc3c(c(-c4ccccc4)c2-c2nn[nH]n2)CCCCC3)c1. The Kier molecular flexibility index (Phi) is 4.60. The number of rotatable bonds is 3. The third-order valence-electron chi connectivity index (χ3n) is 5.45. The van der Waals surface area contributed by atoms with E-state index in [9.17, 15) is 4.39 Å². The molecule has 0 radical (unpaired) electrons. The van der Waals surface area contributed by atoms with E-state index in [0.29, 0.717) is 17.1 Å². The maximum atomic E-state index is 14.1. The van der Waals surface area contributed by atoms with E-state index in [0.717, 1.165) is 48.1 Å². The predicted octanol–water partition coefficient (Wildman–Crippen LogP) is 5.00. The Morgan fingerprint density at radius 2 is 1.66 bits per heavy atom. The molecule has 0 saturated heterocycles. The lowest BCUT2D eigenvalue weighted by atomic mass is 9.88. The van der Waals surface area contributed by atoms with Gasteiger partial charge in [-0.25, -0.2) is 4.39 Å². The molecule has 144 valence electrons. The number of benzene rings is 2. The average Bonchev–Trinajstić information content (AvgIpc) is 3.18. The van der Waals surface area contributed by atoms with Crippen molar-refractivity contribution in [2.75, 3.05) is 0 Å². The quantitative estimate of drug-likeness (QED) is 0.504. The number of halogens is 1. The van der Waals surface area contributed by atoms with Crippen LogP contribution < -0.4 is 0 Å². The van der Waals surface area contributed by atoms with Crippen molar-refractivity contribution in [3.8, 4) is 33.8 Å². The van der Waals surface area contributed by atoms with Crippen molar-refractivity contribution in [1.82, 2.24) is 25.6 Å². The van der Waals surface area contributed by atoms with E-state index in [4.69, 9.17) is 4.98 Å². The molecule has 1 aliphatic carbocycles. The summed E-state index contributed by atoms with van der Waals surface area (Å²) in [4.78, 5) is 5.04. The van der Waals surface area contributed by atoms with E-state index >= 15 is 0 Å². The van der Waals surface area contributed by atoms with Gasteiger partial charge in [0.05, 0.1) is 11.3 Å². The summed E-state index contributed by atoms with van der Waals surface area (Å²) in [5.41, 5.74) is 6.72. The Labute approximate surface area is 168 Å². The largest absolute Gasteiger partial charge is 0.252 e. The van der Waals surface area contributed by atoms with Crippen molar-refractivity contribution in [2.45, 2.75) is 32.1 Å². The molecule has 0 atom stereocenters. The van der Waals surface area contributed by atoms with Gasteiger partial charge in [0.1, 0.15) is 5.82 Å². The molecular weight excluding hydrogens is 365 g/mol. The number of hydrogen-bond acceptors (Lipinski definition) is 4. The molecule has 1 N–H and O–H groups in total. The number of nitrogens with zero attached hydrogens (tertiary/aromatic N) is 4. The standard InChI is InChI=1S/C23H20FN5/c24-17-11-7-10-16(14-17)22-21(23-26-28-29-27-23)20(15-8-3-1-4-9-15)18-12-5-2-6-13-19(18)25-22/h1,3-4,7-11,14H,2,5-6,12-13H2,(H,26,27,28,29). The normalized spacial score (nSPS) is 13.7. The number of aromatic amines is 1. The first-order valence-electron chi connectivity index (χ1n) is 9.92. The molecule has 0 bridgehead atoms. The molecule has 0 saturated carbocycles. The minimum Gasteiger partial charge on any atom is -0.252 e. The summed E-state index contributed by atoms with van der Waals surface area (Å²) in [5, 5.41) is 14.9. The summed E-state index contributed by atoms with van der Waals surface area (Å²) in [6.45, 7) is 0. The molecule has 0 spiro atoms. The number of aromatic nitrogens is 5. The van der Waals surface area contributed by atoms with Crippen LogP contribution in [-0.4, -0.2) is 25.6 Å². The van der Waals surface area contributed by atoms with Crippen LogP contribution in [0.1, 0.15) is 30.5 Å². The molecule has 2 heterocycles. The smallest absolute Gasteiger partial charge is 0.207 e. The molecular formula is C23H20FN5. The fraction of sp³-hybridized carbons (Fsp3) is 0.217. The maximum absolute atomic E-state index is 14.1. The molecule has 4 aromatic rings. The molecule has 5 rings (SSSR count). The maximum Gasteiger partial charge on any atom is 0.207 e. The molecule has 2 aromatic carbocycles. The van der Waals surface area contributed by atoms with E-state index in [-0.39, 0.29) is 5.82 Å². The topological polar surface area (TPSA) is 67.3 Å². The van der Waals surface area contributed by atoms with Gasteiger partial charge in [-0.1, -0.05) is 48.9 Å². The van der Waals surface area contributed by atoms with Gasteiger partial charge in [0.2, 0.25) is 5.82 Å². The number of tetrazole rings is 1. The van der Waals surface area contributed by atoms with Crippen LogP contribution in [0.4, 0.5) is 4.39 Å². The third-order valence-corrected chi connectivity index (χ3v) is 5.45. The lowest BCUT2D eigenvalue weighted by molar-refractivity contribution is 0.628. The summed E-state index contributed by atoms with van der Waals surface area (Å²) in [6.07, 6.45) is 5.29. The Hall–Kier alpha value is -3.41. The van der Waals surface area contributed by atoms with Crippen molar-refractivity contribution < 1.29 is 4.39 Å². The van der Waals surface area contributed by atoms with Gasteiger partial charge in [-0.3, -0.25) is 4.98 Å². The van der Waals surface area contributed by atoms with Crippen LogP contribution in [0.3, 0.4) is 0 Å². The van der Waals surface area contributed by atoms with Gasteiger partial charge in [0, 0.05) is 16.8 Å². The van der Waals surface area contributed by atoms with Crippen LogP contribution >= 0.6 is 0 Å². The molecule has 0 amide bonds. The van der Waals surface area contributed by atoms with Gasteiger partial charge in [-0.05, 0) is 54.2 Å². The lowest BCUT2D eigenvalue weighted by Crippen LogP contribution is -2.05. The van der Waals surface area contributed by atoms with Crippen LogP contribution in [0.2, 0.25) is 0 Å². The molecule has 29 heavy (non-hydrogen) atoms. The minimum absolute atomic E-state index is 0.292. The van der Waals surface area contributed by atoms with Crippen LogP contribution in [0.15, 0.2) is 54.6 Å². The van der Waals surface area contributed by atoms with E-state index in [2.05, 4.69) is 32.8 Å².